The Labute approximate surface area is 99.2 Å². The molecule has 1 amide bonds. The summed E-state index contributed by atoms with van der Waals surface area (Å²) in [5.41, 5.74) is -0.0394. The Morgan fingerprint density at radius 2 is 2.53 bits per heavy atom. The molecule has 1 fully saturated rings. The maximum atomic E-state index is 11.9. The van der Waals surface area contributed by atoms with Crippen molar-refractivity contribution in [2.75, 3.05) is 20.3 Å². The highest BCUT2D eigenvalue weighted by molar-refractivity contribution is 5.92. The van der Waals surface area contributed by atoms with E-state index >= 15 is 0 Å². The Morgan fingerprint density at radius 1 is 1.71 bits per heavy atom. The van der Waals surface area contributed by atoms with Gasteiger partial charge in [-0.1, -0.05) is 5.16 Å². The molecule has 0 bridgehead atoms. The topological polar surface area (TPSA) is 73.6 Å². The molecule has 0 unspecified atom stereocenters. The molecule has 6 heteroatoms. The summed E-state index contributed by atoms with van der Waals surface area (Å²) in [5, 5.41) is 6.60. The highest BCUT2D eigenvalue weighted by Crippen LogP contribution is 2.18. The average Bonchev–Trinajstić information content (AvgIpc) is 2.88. The summed E-state index contributed by atoms with van der Waals surface area (Å²) in [4.78, 5) is 11.9. The van der Waals surface area contributed by atoms with Crippen LogP contribution in [0.1, 0.15) is 29.6 Å². The molecule has 17 heavy (non-hydrogen) atoms. The molecule has 94 valence electrons. The maximum Gasteiger partial charge on any atom is 0.273 e. The molecule has 1 aromatic heterocycles. The highest BCUT2D eigenvalue weighted by atomic mass is 16.5. The van der Waals surface area contributed by atoms with E-state index in [1.54, 1.807) is 13.2 Å². The van der Waals surface area contributed by atoms with E-state index in [9.17, 15) is 4.79 Å². The minimum atomic E-state index is -0.308. The molecular weight excluding hydrogens is 224 g/mol. The van der Waals surface area contributed by atoms with Crippen molar-refractivity contribution in [3.63, 3.8) is 0 Å². The van der Waals surface area contributed by atoms with Gasteiger partial charge in [-0.05, 0) is 13.3 Å². The number of nitrogens with zero attached hydrogens (tertiary/aromatic N) is 1. The quantitative estimate of drug-likeness (QED) is 0.839. The number of nitrogens with one attached hydrogen (secondary N) is 1. The predicted molar refractivity (Wildman–Crippen MR) is 58.5 cm³/mol. The van der Waals surface area contributed by atoms with Crippen LogP contribution in [-0.2, 0) is 16.1 Å². The zero-order valence-electron chi connectivity index (χ0n) is 9.99. The molecule has 0 saturated carbocycles. The van der Waals surface area contributed by atoms with Crippen molar-refractivity contribution >= 4 is 5.91 Å². The fourth-order valence-corrected chi connectivity index (χ4v) is 1.73. The first-order valence-corrected chi connectivity index (χ1v) is 5.48. The van der Waals surface area contributed by atoms with E-state index in [4.69, 9.17) is 14.0 Å². The normalized spacial score (nSPS) is 23.9. The molecule has 0 aliphatic carbocycles. The van der Waals surface area contributed by atoms with Crippen LogP contribution in [0.3, 0.4) is 0 Å². The Morgan fingerprint density at radius 3 is 3.18 bits per heavy atom. The first kappa shape index (κ1) is 12.1. The van der Waals surface area contributed by atoms with Crippen LogP contribution in [0.4, 0.5) is 0 Å². The third kappa shape index (κ3) is 2.83. The van der Waals surface area contributed by atoms with Crippen LogP contribution in [0, 0.1) is 0 Å². The number of amides is 1. The Hall–Kier alpha value is -1.40. The maximum absolute atomic E-state index is 11.9. The summed E-state index contributed by atoms with van der Waals surface area (Å²) in [6.45, 7) is 3.46. The number of rotatable bonds is 4. The summed E-state index contributed by atoms with van der Waals surface area (Å²) in [6.07, 6.45) is 0.807. The summed E-state index contributed by atoms with van der Waals surface area (Å²) >= 11 is 0. The predicted octanol–water partition coefficient (Wildman–Crippen LogP) is 0.730. The van der Waals surface area contributed by atoms with E-state index in [1.807, 2.05) is 6.92 Å². The summed E-state index contributed by atoms with van der Waals surface area (Å²) in [7, 11) is 1.55. The number of methoxy groups -OCH3 is 1. The van der Waals surface area contributed by atoms with Crippen molar-refractivity contribution in [2.45, 2.75) is 25.5 Å². The Balaban J connectivity index is 1.98. The van der Waals surface area contributed by atoms with Crippen molar-refractivity contribution in [2.24, 2.45) is 0 Å². The summed E-state index contributed by atoms with van der Waals surface area (Å²) in [6, 6.07) is 1.58. The lowest BCUT2D eigenvalue weighted by Crippen LogP contribution is -2.46. The number of ether oxygens (including phenoxy) is 2. The number of carbonyl (C=O) groups is 1. The second kappa shape index (κ2) is 4.85. The van der Waals surface area contributed by atoms with Crippen LogP contribution in [0.25, 0.3) is 0 Å². The van der Waals surface area contributed by atoms with Crippen LogP contribution < -0.4 is 5.32 Å². The molecule has 1 atom stereocenters. The van der Waals surface area contributed by atoms with Gasteiger partial charge in [0, 0.05) is 19.8 Å². The fraction of sp³-hybridized carbons (Fsp3) is 0.636. The van der Waals surface area contributed by atoms with Crippen molar-refractivity contribution in [1.29, 1.82) is 0 Å². The van der Waals surface area contributed by atoms with Crippen molar-refractivity contribution in [1.82, 2.24) is 10.5 Å². The van der Waals surface area contributed by atoms with Crippen LogP contribution >= 0.6 is 0 Å². The molecular formula is C11H16N2O4. The number of aromatic nitrogens is 1. The molecule has 1 aliphatic heterocycles. The lowest BCUT2D eigenvalue weighted by atomic mass is 10.0. The standard InChI is InChI=1S/C11H16N2O4/c1-11(3-4-16-7-11)12-10(14)9-5-8(6-15-2)17-13-9/h5H,3-4,6-7H2,1-2H3,(H,12,14)/t11-/m0/s1. The van der Waals surface area contributed by atoms with Crippen molar-refractivity contribution in [3.05, 3.63) is 17.5 Å². The molecule has 0 aromatic carbocycles. The molecule has 1 saturated heterocycles. The van der Waals surface area contributed by atoms with Gasteiger partial charge < -0.3 is 19.3 Å². The average molecular weight is 240 g/mol. The minimum absolute atomic E-state index is 0.246. The molecule has 1 N–H and O–H groups in total. The van der Waals surface area contributed by atoms with Crippen LogP contribution in [0.2, 0.25) is 0 Å². The van der Waals surface area contributed by atoms with Crippen molar-refractivity contribution in [3.8, 4) is 0 Å². The Kier molecular flexibility index (Phi) is 3.44. The molecule has 1 aromatic rings. The molecule has 0 radical (unpaired) electrons. The van der Waals surface area contributed by atoms with Gasteiger partial charge in [-0.15, -0.1) is 0 Å². The van der Waals surface area contributed by atoms with Gasteiger partial charge in [0.1, 0.15) is 6.61 Å². The smallest absolute Gasteiger partial charge is 0.273 e. The van der Waals surface area contributed by atoms with Gasteiger partial charge in [0.25, 0.3) is 5.91 Å². The van der Waals surface area contributed by atoms with Gasteiger partial charge in [-0.3, -0.25) is 4.79 Å². The second-order valence-corrected chi connectivity index (χ2v) is 4.43. The SMILES string of the molecule is COCc1cc(C(=O)N[C@@]2(C)CCOC2)no1. The second-order valence-electron chi connectivity index (χ2n) is 4.43. The van der Waals surface area contributed by atoms with Crippen LogP contribution in [0.15, 0.2) is 10.6 Å². The van der Waals surface area contributed by atoms with Gasteiger partial charge in [0.2, 0.25) is 0 Å². The first-order chi connectivity index (χ1) is 8.13. The monoisotopic (exact) mass is 240 g/mol. The van der Waals surface area contributed by atoms with Gasteiger partial charge >= 0.3 is 0 Å². The van der Waals surface area contributed by atoms with E-state index in [2.05, 4.69) is 10.5 Å². The number of carbonyl (C=O) groups excluding carboxylic acids is 1. The largest absolute Gasteiger partial charge is 0.379 e. The lowest BCUT2D eigenvalue weighted by Gasteiger charge is -2.22. The third-order valence-electron chi connectivity index (χ3n) is 2.71. The third-order valence-corrected chi connectivity index (χ3v) is 2.71. The lowest BCUT2D eigenvalue weighted by molar-refractivity contribution is 0.0880. The molecule has 0 spiro atoms. The van der Waals surface area contributed by atoms with Gasteiger partial charge in [-0.25, -0.2) is 0 Å². The Bertz CT molecular complexity index is 396. The molecule has 2 heterocycles. The molecule has 2 rings (SSSR count). The fourth-order valence-electron chi connectivity index (χ4n) is 1.73. The van der Waals surface area contributed by atoms with E-state index in [0.717, 1.165) is 6.42 Å². The first-order valence-electron chi connectivity index (χ1n) is 5.48. The van der Waals surface area contributed by atoms with E-state index < -0.39 is 0 Å². The molecule has 1 aliphatic rings. The minimum Gasteiger partial charge on any atom is -0.379 e. The van der Waals surface area contributed by atoms with Gasteiger partial charge in [0.15, 0.2) is 11.5 Å². The zero-order chi connectivity index (χ0) is 12.3. The number of hydrogen-bond acceptors (Lipinski definition) is 5. The number of hydrogen-bond donors (Lipinski definition) is 1. The summed E-state index contributed by atoms with van der Waals surface area (Å²) < 4.78 is 15.1. The van der Waals surface area contributed by atoms with Crippen molar-refractivity contribution < 1.29 is 18.8 Å². The van der Waals surface area contributed by atoms with Crippen LogP contribution in [-0.4, -0.2) is 36.9 Å². The zero-order valence-corrected chi connectivity index (χ0v) is 9.99. The van der Waals surface area contributed by atoms with Crippen LogP contribution in [0.5, 0.6) is 0 Å². The summed E-state index contributed by atoms with van der Waals surface area (Å²) in [5.74, 6) is 0.287. The highest BCUT2D eigenvalue weighted by Gasteiger charge is 2.32. The molecule has 6 nitrogen and oxygen atoms in total. The van der Waals surface area contributed by atoms with E-state index in [-0.39, 0.29) is 17.1 Å². The van der Waals surface area contributed by atoms with Gasteiger partial charge in [-0.2, -0.15) is 0 Å². The van der Waals surface area contributed by atoms with E-state index in [1.165, 1.54) is 0 Å². The van der Waals surface area contributed by atoms with E-state index in [0.29, 0.717) is 25.6 Å². The van der Waals surface area contributed by atoms with Gasteiger partial charge in [0.05, 0.1) is 12.1 Å².